The number of Topliss-reactive ketones (excluding diaryl/α,β-unsaturated/α-hetero) is 1. The molecule has 2 aromatic heterocycles. The summed E-state index contributed by atoms with van der Waals surface area (Å²) >= 11 is 6.24. The summed E-state index contributed by atoms with van der Waals surface area (Å²) in [5.41, 5.74) is 2.48. The molecule has 170 valence electrons. The first-order chi connectivity index (χ1) is 16.4. The zero-order valence-electron chi connectivity index (χ0n) is 17.7. The van der Waals surface area contributed by atoms with Crippen LogP contribution in [-0.2, 0) is 16.0 Å². The molecule has 2 atom stereocenters. The number of hydrogen-bond acceptors (Lipinski definition) is 6. The van der Waals surface area contributed by atoms with E-state index in [1.165, 1.54) is 17.1 Å². The number of carbonyl (C=O) groups excluding carboxylic acids is 1. The molecular formula is C24H18ClN5O4. The van der Waals surface area contributed by atoms with E-state index in [1.54, 1.807) is 24.3 Å². The van der Waals surface area contributed by atoms with Crippen molar-refractivity contribution in [2.75, 3.05) is 0 Å². The van der Waals surface area contributed by atoms with Crippen LogP contribution in [0.15, 0.2) is 71.8 Å². The predicted molar refractivity (Wildman–Crippen MR) is 123 cm³/mol. The van der Waals surface area contributed by atoms with Crippen molar-refractivity contribution >= 4 is 23.4 Å². The van der Waals surface area contributed by atoms with Crippen LogP contribution in [-0.4, -0.2) is 41.6 Å². The third-order valence-electron chi connectivity index (χ3n) is 5.99. The molecule has 34 heavy (non-hydrogen) atoms. The van der Waals surface area contributed by atoms with Crippen LogP contribution in [0.5, 0.6) is 0 Å². The smallest absolute Gasteiger partial charge is 0.334 e. The van der Waals surface area contributed by atoms with Crippen molar-refractivity contribution in [3.8, 4) is 16.8 Å². The van der Waals surface area contributed by atoms with Crippen molar-refractivity contribution in [1.29, 1.82) is 0 Å². The van der Waals surface area contributed by atoms with E-state index < -0.39 is 29.3 Å². The molecule has 5 rings (SSSR count). The molecule has 0 bridgehead atoms. The maximum absolute atomic E-state index is 13.1. The normalized spacial score (nSPS) is 17.0. The van der Waals surface area contributed by atoms with Crippen molar-refractivity contribution in [2.45, 2.75) is 24.8 Å². The topological polar surface area (TPSA) is 120 Å². The molecule has 0 saturated heterocycles. The van der Waals surface area contributed by atoms with Crippen LogP contribution >= 0.6 is 11.6 Å². The summed E-state index contributed by atoms with van der Waals surface area (Å²) in [6.45, 7) is 0. The fraction of sp³-hybridized carbons (Fsp3) is 0.167. The lowest BCUT2D eigenvalue weighted by Crippen LogP contribution is -2.30. The summed E-state index contributed by atoms with van der Waals surface area (Å²) in [5, 5.41) is 21.4. The van der Waals surface area contributed by atoms with Crippen molar-refractivity contribution in [2.24, 2.45) is 0 Å². The Morgan fingerprint density at radius 3 is 2.56 bits per heavy atom. The van der Waals surface area contributed by atoms with E-state index >= 15 is 0 Å². The number of rotatable bonds is 6. The molecule has 1 aliphatic rings. The molecule has 4 aromatic rings. The minimum absolute atomic E-state index is 0.374. The monoisotopic (exact) mass is 475 g/mol. The molecule has 0 saturated carbocycles. The number of nitrogens with zero attached hydrogens (tertiary/aromatic N) is 5. The number of aryl methyl sites for hydroxylation is 1. The Bertz CT molecular complexity index is 1450. The number of pyridine rings is 1. The van der Waals surface area contributed by atoms with Crippen LogP contribution < -0.4 is 5.56 Å². The van der Waals surface area contributed by atoms with Crippen LogP contribution in [0.25, 0.3) is 16.8 Å². The van der Waals surface area contributed by atoms with E-state index in [1.807, 2.05) is 30.3 Å². The highest BCUT2D eigenvalue weighted by atomic mass is 35.5. The van der Waals surface area contributed by atoms with Crippen molar-refractivity contribution in [3.63, 3.8) is 0 Å². The molecule has 10 heteroatoms. The van der Waals surface area contributed by atoms with Gasteiger partial charge < -0.3 is 5.11 Å². The maximum Gasteiger partial charge on any atom is 0.334 e. The van der Waals surface area contributed by atoms with Gasteiger partial charge in [0.1, 0.15) is 6.33 Å². The number of carboxylic acids is 1. The van der Waals surface area contributed by atoms with Gasteiger partial charge in [-0.1, -0.05) is 41.9 Å². The quantitative estimate of drug-likeness (QED) is 0.425. The molecule has 1 unspecified atom stereocenters. The number of aromatic nitrogens is 5. The van der Waals surface area contributed by atoms with E-state index in [2.05, 4.69) is 15.5 Å². The van der Waals surface area contributed by atoms with Gasteiger partial charge in [0.25, 0.3) is 5.56 Å². The Labute approximate surface area is 198 Å². The lowest BCUT2D eigenvalue weighted by molar-refractivity contribution is -0.144. The van der Waals surface area contributed by atoms with Crippen molar-refractivity contribution in [3.05, 3.63) is 93.6 Å². The Morgan fingerprint density at radius 1 is 1.06 bits per heavy atom. The van der Waals surface area contributed by atoms with E-state index in [9.17, 15) is 19.5 Å². The van der Waals surface area contributed by atoms with Gasteiger partial charge in [0.2, 0.25) is 0 Å². The summed E-state index contributed by atoms with van der Waals surface area (Å²) < 4.78 is 2.53. The summed E-state index contributed by atoms with van der Waals surface area (Å²) in [4.78, 5) is 38.2. The Kier molecular flexibility index (Phi) is 5.54. The van der Waals surface area contributed by atoms with Gasteiger partial charge in [0.05, 0.1) is 11.6 Å². The number of fused-ring (bicyclic) bond motifs is 1. The molecule has 2 aromatic carbocycles. The average Bonchev–Trinajstić information content (AvgIpc) is 3.45. The third kappa shape index (κ3) is 3.80. The number of benzene rings is 2. The van der Waals surface area contributed by atoms with Gasteiger partial charge in [-0.15, -0.1) is 5.10 Å². The third-order valence-corrected chi connectivity index (χ3v) is 6.23. The fourth-order valence-corrected chi connectivity index (χ4v) is 4.63. The van der Waals surface area contributed by atoms with Gasteiger partial charge in [-0.25, -0.2) is 4.79 Å². The Morgan fingerprint density at radius 2 is 1.85 bits per heavy atom. The molecule has 0 radical (unpaired) electrons. The van der Waals surface area contributed by atoms with Crippen LogP contribution in [0.3, 0.4) is 0 Å². The standard InChI is InChI=1S/C24H18ClN5O4/c25-16-7-9-19(29-13-26-27-28-29)18(12-16)15-10-20-17(8-6-14-4-2-1-3-5-14)23(32)22(24(33)34)30(20)21(31)11-15/h1-5,7,9-13,17,22H,6,8H2,(H,33,34)/t17?,22-/m0/s1. The van der Waals surface area contributed by atoms with Gasteiger partial charge >= 0.3 is 5.97 Å². The first-order valence-electron chi connectivity index (χ1n) is 10.5. The number of carbonyl (C=O) groups is 2. The number of ketones is 1. The number of halogens is 1. The van der Waals surface area contributed by atoms with Crippen LogP contribution in [0.2, 0.25) is 5.02 Å². The molecule has 9 nitrogen and oxygen atoms in total. The van der Waals surface area contributed by atoms with Crippen LogP contribution in [0, 0.1) is 0 Å². The van der Waals surface area contributed by atoms with Gasteiger partial charge in [-0.3, -0.25) is 14.2 Å². The zero-order chi connectivity index (χ0) is 23.8. The second kappa shape index (κ2) is 8.68. The number of tetrazole rings is 1. The van der Waals surface area contributed by atoms with Gasteiger partial charge in [-0.05, 0) is 58.7 Å². The molecule has 0 aliphatic carbocycles. The highest BCUT2D eigenvalue weighted by Gasteiger charge is 2.44. The summed E-state index contributed by atoms with van der Waals surface area (Å²) in [5.74, 6) is -2.57. The van der Waals surface area contributed by atoms with Gasteiger partial charge in [0.15, 0.2) is 11.8 Å². The minimum atomic E-state index is -1.55. The van der Waals surface area contributed by atoms with Crippen LogP contribution in [0.4, 0.5) is 0 Å². The first-order valence-corrected chi connectivity index (χ1v) is 10.9. The number of carboxylic acid groups (broad SMARTS) is 1. The molecule has 1 aliphatic heterocycles. The molecule has 0 spiro atoms. The minimum Gasteiger partial charge on any atom is -0.479 e. The molecule has 1 N–H and O–H groups in total. The number of aliphatic carboxylic acids is 1. The summed E-state index contributed by atoms with van der Waals surface area (Å²) in [6, 6.07) is 16.1. The van der Waals surface area contributed by atoms with Crippen molar-refractivity contribution in [1.82, 2.24) is 24.8 Å². The largest absolute Gasteiger partial charge is 0.479 e. The average molecular weight is 476 g/mol. The van der Waals surface area contributed by atoms with E-state index in [4.69, 9.17) is 11.6 Å². The molecule has 0 fully saturated rings. The van der Waals surface area contributed by atoms with E-state index in [0.29, 0.717) is 40.4 Å². The Hall–Kier alpha value is -4.11. The highest BCUT2D eigenvalue weighted by Crippen LogP contribution is 2.38. The van der Waals surface area contributed by atoms with Crippen molar-refractivity contribution < 1.29 is 14.7 Å². The molecular weight excluding hydrogens is 458 g/mol. The maximum atomic E-state index is 13.1. The lowest BCUT2D eigenvalue weighted by Gasteiger charge is -2.14. The second-order valence-corrected chi connectivity index (χ2v) is 8.45. The summed E-state index contributed by atoms with van der Waals surface area (Å²) in [6.07, 6.45) is 2.36. The first kappa shape index (κ1) is 21.7. The van der Waals surface area contributed by atoms with E-state index in [0.717, 1.165) is 10.1 Å². The molecule has 3 heterocycles. The predicted octanol–water partition coefficient (Wildman–Crippen LogP) is 3.07. The second-order valence-electron chi connectivity index (χ2n) is 8.01. The molecule has 0 amide bonds. The fourth-order valence-electron chi connectivity index (χ4n) is 4.45. The van der Waals surface area contributed by atoms with Gasteiger partial charge in [0, 0.05) is 22.3 Å². The Balaban J connectivity index is 1.63. The summed E-state index contributed by atoms with van der Waals surface area (Å²) in [7, 11) is 0. The zero-order valence-corrected chi connectivity index (χ0v) is 18.5. The SMILES string of the molecule is O=C(O)[C@@H]1C(=O)C(CCc2ccccc2)c2cc(-c3cc(Cl)ccc3-n3cnnn3)cc(=O)n21. The number of hydrogen-bond donors (Lipinski definition) is 1. The van der Waals surface area contributed by atoms with Gasteiger partial charge in [-0.2, -0.15) is 4.68 Å². The van der Waals surface area contributed by atoms with Crippen LogP contribution in [0.1, 0.15) is 29.6 Å². The highest BCUT2D eigenvalue weighted by molar-refractivity contribution is 6.31. The van der Waals surface area contributed by atoms with E-state index in [-0.39, 0.29) is 0 Å². The lowest BCUT2D eigenvalue weighted by atomic mass is 9.91.